The number of ether oxygens (including phenoxy) is 2. The van der Waals surface area contributed by atoms with Gasteiger partial charge in [-0.15, -0.1) is 0 Å². The molecule has 0 spiro atoms. The second kappa shape index (κ2) is 12.4. The van der Waals surface area contributed by atoms with E-state index in [0.717, 1.165) is 12.1 Å². The zero-order chi connectivity index (χ0) is 32.4. The van der Waals surface area contributed by atoms with E-state index in [-0.39, 0.29) is 17.1 Å². The van der Waals surface area contributed by atoms with Crippen LogP contribution in [-0.4, -0.2) is 37.7 Å². The third-order valence-electron chi connectivity index (χ3n) is 5.97. The summed E-state index contributed by atoms with van der Waals surface area (Å²) in [4.78, 5) is 29.4. The van der Waals surface area contributed by atoms with Crippen LogP contribution in [0.15, 0.2) is 64.4 Å². The van der Waals surface area contributed by atoms with E-state index in [1.165, 1.54) is 37.4 Å². The first-order valence-corrected chi connectivity index (χ1v) is 12.5. The molecule has 0 radical (unpaired) electrons. The fourth-order valence-corrected chi connectivity index (χ4v) is 4.16. The Kier molecular flexibility index (Phi) is 9.02. The molecule has 230 valence electrons. The molecule has 44 heavy (non-hydrogen) atoms. The van der Waals surface area contributed by atoms with Crippen LogP contribution in [0.4, 0.5) is 26.3 Å². The Balaban J connectivity index is 1.82. The zero-order valence-corrected chi connectivity index (χ0v) is 22.9. The van der Waals surface area contributed by atoms with Crippen LogP contribution >= 0.6 is 11.6 Å². The number of rotatable bonds is 8. The molecular formula is C27H18ClF6N5O5. The molecule has 1 unspecified atom stereocenters. The quantitative estimate of drug-likeness (QED) is 0.271. The molecule has 2 heterocycles. The van der Waals surface area contributed by atoms with E-state index < -0.39 is 64.6 Å². The van der Waals surface area contributed by atoms with E-state index in [2.05, 4.69) is 10.1 Å². The van der Waals surface area contributed by atoms with Crippen LogP contribution in [0.25, 0.3) is 0 Å². The Morgan fingerprint density at radius 1 is 1.00 bits per heavy atom. The van der Waals surface area contributed by atoms with Gasteiger partial charge < -0.3 is 14.6 Å². The summed E-state index contributed by atoms with van der Waals surface area (Å²) in [6.45, 7) is -1.17. The van der Waals surface area contributed by atoms with Crippen molar-refractivity contribution >= 4 is 11.6 Å². The van der Waals surface area contributed by atoms with Gasteiger partial charge in [0.05, 0.1) is 49.4 Å². The van der Waals surface area contributed by atoms with Gasteiger partial charge in [0.2, 0.25) is 5.75 Å². The highest BCUT2D eigenvalue weighted by molar-refractivity contribution is 6.30. The van der Waals surface area contributed by atoms with E-state index >= 15 is 0 Å². The van der Waals surface area contributed by atoms with Crippen LogP contribution in [0.5, 0.6) is 17.2 Å². The molecule has 4 rings (SSSR count). The molecule has 10 nitrogen and oxygen atoms in total. The van der Waals surface area contributed by atoms with Crippen molar-refractivity contribution in [3.05, 3.63) is 109 Å². The number of aliphatic hydroxyl groups excluding tert-OH is 1. The van der Waals surface area contributed by atoms with Gasteiger partial charge in [0.15, 0.2) is 11.8 Å². The van der Waals surface area contributed by atoms with Gasteiger partial charge in [-0.2, -0.15) is 36.7 Å². The topological polar surface area (TPSA) is 132 Å². The van der Waals surface area contributed by atoms with Gasteiger partial charge in [0, 0.05) is 5.02 Å². The number of alkyl halides is 6. The first-order chi connectivity index (χ1) is 20.6. The number of halogens is 7. The molecule has 2 aromatic heterocycles. The van der Waals surface area contributed by atoms with E-state index in [9.17, 15) is 41.0 Å². The van der Waals surface area contributed by atoms with E-state index in [1.807, 2.05) is 0 Å². The molecule has 0 fully saturated rings. The highest BCUT2D eigenvalue weighted by atomic mass is 35.5. The summed E-state index contributed by atoms with van der Waals surface area (Å²) >= 11 is 5.88. The number of hydrogen-bond donors (Lipinski definition) is 1. The van der Waals surface area contributed by atoms with Crippen molar-refractivity contribution in [2.45, 2.75) is 31.5 Å². The Morgan fingerprint density at radius 2 is 1.68 bits per heavy atom. The monoisotopic (exact) mass is 641 g/mol. The van der Waals surface area contributed by atoms with Crippen LogP contribution in [0.3, 0.4) is 0 Å². The average Bonchev–Trinajstić information content (AvgIpc) is 2.95. The predicted octanol–water partition coefficient (Wildman–Crippen LogP) is 4.84. The first-order valence-electron chi connectivity index (χ1n) is 12.1. The third kappa shape index (κ3) is 7.18. The molecule has 4 aromatic rings. The lowest BCUT2D eigenvalue weighted by Gasteiger charge is -2.18. The van der Waals surface area contributed by atoms with Gasteiger partial charge in [-0.05, 0) is 42.0 Å². The van der Waals surface area contributed by atoms with Crippen LogP contribution in [0.2, 0.25) is 5.02 Å². The number of benzene rings is 2. The maximum absolute atomic E-state index is 13.8. The third-order valence-corrected chi connectivity index (χ3v) is 6.18. The largest absolute Gasteiger partial charge is 0.497 e. The number of hydrogen-bond acceptors (Lipinski definition) is 8. The highest BCUT2D eigenvalue weighted by Crippen LogP contribution is 2.35. The first kappa shape index (κ1) is 32.0. The van der Waals surface area contributed by atoms with Crippen molar-refractivity contribution in [3.63, 3.8) is 0 Å². The maximum Gasteiger partial charge on any atom is 0.437 e. The molecule has 0 bridgehead atoms. The molecule has 2 aromatic carbocycles. The second-order valence-corrected chi connectivity index (χ2v) is 9.53. The number of nitriles is 1. The summed E-state index contributed by atoms with van der Waals surface area (Å²) in [6.07, 6.45) is -13.2. The van der Waals surface area contributed by atoms with E-state index in [4.69, 9.17) is 26.3 Å². The molecule has 0 amide bonds. The Bertz CT molecular complexity index is 1850. The Hall–Kier alpha value is -4.88. The van der Waals surface area contributed by atoms with Crippen molar-refractivity contribution in [3.8, 4) is 23.3 Å². The standard InChI is InChI=1S/C27H18ClF6N5O5/c1-43-18-4-2-14(3-5-18)11-39-24(41)20(23(40)27(32,33)34)9-17(37-39)12-38-13-36-22(26(29,30)31)21(25(38)42)44-19-7-15(10-35)6-16(28)8-19/h2-9,13,23,40H,11-12H2,1H3. The number of aromatic nitrogens is 4. The summed E-state index contributed by atoms with van der Waals surface area (Å²) in [6, 6.07) is 11.6. The SMILES string of the molecule is COc1ccc(Cn2nc(Cn3cnc(C(F)(F)F)c(Oc4cc(Cl)cc(C#N)c4)c3=O)cc(C(O)C(F)(F)F)c2=O)cc1. The summed E-state index contributed by atoms with van der Waals surface area (Å²) in [5.74, 6) is -1.28. The minimum absolute atomic E-state index is 0.0871. The Labute approximate surface area is 247 Å². The van der Waals surface area contributed by atoms with Gasteiger partial charge in [0.25, 0.3) is 11.1 Å². The summed E-state index contributed by atoms with van der Waals surface area (Å²) in [5.41, 5.74) is -5.72. The number of methoxy groups -OCH3 is 1. The summed E-state index contributed by atoms with van der Waals surface area (Å²) in [5, 5.41) is 22.9. The molecule has 0 aliphatic carbocycles. The number of aliphatic hydroxyl groups is 1. The number of nitrogens with zero attached hydrogens (tertiary/aromatic N) is 5. The lowest BCUT2D eigenvalue weighted by molar-refractivity contribution is -0.207. The molecule has 0 saturated heterocycles. The van der Waals surface area contributed by atoms with Crippen molar-refractivity contribution in [2.24, 2.45) is 0 Å². The Morgan fingerprint density at radius 3 is 2.27 bits per heavy atom. The molecule has 1 N–H and O–H groups in total. The molecule has 0 aliphatic rings. The zero-order valence-electron chi connectivity index (χ0n) is 22.1. The van der Waals surface area contributed by atoms with Gasteiger partial charge in [-0.3, -0.25) is 14.2 Å². The van der Waals surface area contributed by atoms with Gasteiger partial charge in [-0.25, -0.2) is 9.67 Å². The lowest BCUT2D eigenvalue weighted by atomic mass is 10.1. The van der Waals surface area contributed by atoms with Crippen molar-refractivity contribution in [1.29, 1.82) is 5.26 Å². The van der Waals surface area contributed by atoms with Crippen LogP contribution in [0.1, 0.15) is 34.2 Å². The smallest absolute Gasteiger partial charge is 0.437 e. The van der Waals surface area contributed by atoms with Crippen LogP contribution in [-0.2, 0) is 19.3 Å². The van der Waals surface area contributed by atoms with Gasteiger partial charge >= 0.3 is 12.4 Å². The highest BCUT2D eigenvalue weighted by Gasteiger charge is 2.42. The van der Waals surface area contributed by atoms with Crippen LogP contribution in [0, 0.1) is 11.3 Å². The van der Waals surface area contributed by atoms with E-state index in [1.54, 1.807) is 6.07 Å². The molecule has 17 heteroatoms. The van der Waals surface area contributed by atoms with Crippen molar-refractivity contribution < 1.29 is 40.9 Å². The molecular weight excluding hydrogens is 624 g/mol. The minimum Gasteiger partial charge on any atom is -0.497 e. The van der Waals surface area contributed by atoms with Crippen molar-refractivity contribution in [1.82, 2.24) is 19.3 Å². The fraction of sp³-hybridized carbons (Fsp3) is 0.222. The molecule has 0 aliphatic heterocycles. The predicted molar refractivity (Wildman–Crippen MR) is 140 cm³/mol. The molecule has 1 atom stereocenters. The lowest BCUT2D eigenvalue weighted by Crippen LogP contribution is -2.34. The summed E-state index contributed by atoms with van der Waals surface area (Å²) in [7, 11) is 1.41. The van der Waals surface area contributed by atoms with Crippen LogP contribution < -0.4 is 20.6 Å². The summed E-state index contributed by atoms with van der Waals surface area (Å²) < 4.78 is 92.9. The second-order valence-electron chi connectivity index (χ2n) is 9.09. The normalized spacial score (nSPS) is 12.5. The fourth-order valence-electron chi connectivity index (χ4n) is 3.94. The van der Waals surface area contributed by atoms with E-state index in [0.29, 0.717) is 33.0 Å². The van der Waals surface area contributed by atoms with Crippen molar-refractivity contribution in [2.75, 3.05) is 7.11 Å². The van der Waals surface area contributed by atoms with Gasteiger partial charge in [0.1, 0.15) is 11.5 Å². The minimum atomic E-state index is -5.26. The average molecular weight is 642 g/mol. The van der Waals surface area contributed by atoms with Gasteiger partial charge in [-0.1, -0.05) is 23.7 Å². The maximum atomic E-state index is 13.8. The molecule has 0 saturated carbocycles.